The number of para-hydroxylation sites is 1. The van der Waals surface area contributed by atoms with E-state index in [2.05, 4.69) is 27.5 Å². The first-order valence-electron chi connectivity index (χ1n) is 13.3. The summed E-state index contributed by atoms with van der Waals surface area (Å²) in [6.07, 6.45) is 3.35. The molecule has 5 rings (SSSR count). The number of rotatable bonds is 8. The number of aromatic amines is 1. The minimum Gasteiger partial charge on any atom is -0.478 e. The number of carboxylic acids is 1. The minimum absolute atomic E-state index is 0.111. The maximum Gasteiger partial charge on any atom is 0.337 e. The number of hydrogen-bond donors (Lipinski definition) is 2. The van der Waals surface area contributed by atoms with Crippen molar-refractivity contribution in [3.05, 3.63) is 106 Å². The molecule has 9 heteroatoms. The van der Waals surface area contributed by atoms with Crippen molar-refractivity contribution < 1.29 is 9.90 Å². The van der Waals surface area contributed by atoms with Crippen LogP contribution in [-0.4, -0.2) is 40.8 Å². The second kappa shape index (κ2) is 10.8. The van der Waals surface area contributed by atoms with Crippen LogP contribution < -0.4 is 5.69 Å². The van der Waals surface area contributed by atoms with E-state index in [0.29, 0.717) is 24.5 Å². The summed E-state index contributed by atoms with van der Waals surface area (Å²) in [5.74, 6) is -0.539. The fourth-order valence-corrected chi connectivity index (χ4v) is 5.07. The zero-order valence-corrected chi connectivity index (χ0v) is 23.0. The minimum atomic E-state index is -1.06. The molecule has 5 aromatic rings. The zero-order chi connectivity index (χ0) is 28.4. The van der Waals surface area contributed by atoms with E-state index in [9.17, 15) is 14.7 Å². The van der Waals surface area contributed by atoms with Gasteiger partial charge in [-0.25, -0.2) is 9.59 Å². The van der Waals surface area contributed by atoms with Crippen molar-refractivity contribution in [2.45, 2.75) is 52.5 Å². The van der Waals surface area contributed by atoms with E-state index in [4.69, 9.17) is 0 Å². The first-order valence-corrected chi connectivity index (χ1v) is 13.3. The summed E-state index contributed by atoms with van der Waals surface area (Å²) in [5, 5.41) is 24.4. The Morgan fingerprint density at radius 3 is 2.33 bits per heavy atom. The molecule has 0 radical (unpaired) electrons. The molecule has 0 aliphatic carbocycles. The van der Waals surface area contributed by atoms with Crippen LogP contribution in [0.4, 0.5) is 0 Å². The molecule has 0 aliphatic heterocycles. The number of benzene rings is 3. The summed E-state index contributed by atoms with van der Waals surface area (Å²) >= 11 is 0. The normalized spacial score (nSPS) is 11.6. The number of nitrogens with one attached hydrogen (secondary N) is 1. The maximum absolute atomic E-state index is 13.9. The Labute approximate surface area is 232 Å². The van der Waals surface area contributed by atoms with Crippen LogP contribution in [0.1, 0.15) is 61.3 Å². The molecular formula is C31H32N6O3. The smallest absolute Gasteiger partial charge is 0.337 e. The number of tetrazole rings is 1. The number of aromatic nitrogens is 6. The lowest BCUT2D eigenvalue weighted by Crippen LogP contribution is -2.28. The van der Waals surface area contributed by atoms with Gasteiger partial charge in [0, 0.05) is 17.5 Å². The van der Waals surface area contributed by atoms with Crippen LogP contribution in [0.25, 0.3) is 28.2 Å². The van der Waals surface area contributed by atoms with Crippen molar-refractivity contribution >= 4 is 5.97 Å². The summed E-state index contributed by atoms with van der Waals surface area (Å²) in [5.41, 5.74) is 5.39. The largest absolute Gasteiger partial charge is 0.478 e. The lowest BCUT2D eigenvalue weighted by molar-refractivity contribution is 0.0696. The molecule has 9 nitrogen and oxygen atoms in total. The second-order valence-electron chi connectivity index (χ2n) is 10.8. The first-order chi connectivity index (χ1) is 19.2. The summed E-state index contributed by atoms with van der Waals surface area (Å²) in [4.78, 5) is 26.1. The van der Waals surface area contributed by atoms with E-state index in [-0.39, 0.29) is 16.7 Å². The Morgan fingerprint density at radius 1 is 0.975 bits per heavy atom. The molecule has 0 aliphatic rings. The predicted octanol–water partition coefficient (Wildman–Crippen LogP) is 5.48. The highest BCUT2D eigenvalue weighted by atomic mass is 16.4. The maximum atomic E-state index is 13.9. The Hall–Kier alpha value is -4.79. The number of nitrogens with zero attached hydrogens (tertiary/aromatic N) is 5. The van der Waals surface area contributed by atoms with Crippen LogP contribution in [0.2, 0.25) is 0 Å². The molecule has 2 N–H and O–H groups in total. The highest BCUT2D eigenvalue weighted by Crippen LogP contribution is 2.32. The molecule has 40 heavy (non-hydrogen) atoms. The van der Waals surface area contributed by atoms with Gasteiger partial charge in [-0.05, 0) is 45.4 Å². The third kappa shape index (κ3) is 5.10. The molecule has 3 aromatic carbocycles. The van der Waals surface area contributed by atoms with Crippen LogP contribution in [0.5, 0.6) is 0 Å². The number of imidazole rings is 1. The summed E-state index contributed by atoms with van der Waals surface area (Å²) in [6, 6.07) is 21.1. The van der Waals surface area contributed by atoms with Gasteiger partial charge in [-0.3, -0.25) is 9.13 Å². The van der Waals surface area contributed by atoms with Crippen LogP contribution >= 0.6 is 0 Å². The van der Waals surface area contributed by atoms with E-state index in [1.807, 2.05) is 75.4 Å². The Kier molecular flexibility index (Phi) is 7.21. The number of hydrogen-bond acceptors (Lipinski definition) is 5. The average Bonchev–Trinajstić information content (AvgIpc) is 3.58. The quantitative estimate of drug-likeness (QED) is 0.271. The lowest BCUT2D eigenvalue weighted by Gasteiger charge is -2.24. The topological polar surface area (TPSA) is 119 Å². The van der Waals surface area contributed by atoms with Crippen LogP contribution in [0, 0.1) is 0 Å². The third-order valence-electron chi connectivity index (χ3n) is 7.00. The number of aromatic carboxylic acids is 1. The second-order valence-corrected chi connectivity index (χ2v) is 10.8. The van der Waals surface area contributed by atoms with Gasteiger partial charge in [0.2, 0.25) is 5.82 Å². The molecular weight excluding hydrogens is 504 g/mol. The van der Waals surface area contributed by atoms with E-state index in [1.165, 1.54) is 4.57 Å². The van der Waals surface area contributed by atoms with Gasteiger partial charge >= 0.3 is 11.7 Å². The van der Waals surface area contributed by atoms with E-state index >= 15 is 0 Å². The van der Waals surface area contributed by atoms with Crippen molar-refractivity contribution in [2.75, 3.05) is 0 Å². The Bertz CT molecular complexity index is 1710. The monoisotopic (exact) mass is 536 g/mol. The van der Waals surface area contributed by atoms with Gasteiger partial charge in [-0.2, -0.15) is 5.21 Å². The number of aryl methyl sites for hydroxylation is 1. The highest BCUT2D eigenvalue weighted by molar-refractivity contribution is 5.93. The number of carbonyl (C=O) groups is 1. The summed E-state index contributed by atoms with van der Waals surface area (Å²) < 4.78 is 3.27. The van der Waals surface area contributed by atoms with Crippen LogP contribution in [0.15, 0.2) is 77.7 Å². The van der Waals surface area contributed by atoms with Crippen molar-refractivity contribution in [3.8, 4) is 28.2 Å². The van der Waals surface area contributed by atoms with Gasteiger partial charge in [-0.1, -0.05) is 94.8 Å². The molecule has 0 unspecified atom stereocenters. The fourth-order valence-electron chi connectivity index (χ4n) is 5.07. The highest BCUT2D eigenvalue weighted by Gasteiger charge is 2.26. The zero-order valence-electron chi connectivity index (χ0n) is 23.0. The van der Waals surface area contributed by atoms with Gasteiger partial charge in [0.15, 0.2) is 0 Å². The molecule has 0 saturated heterocycles. The molecule has 2 aromatic heterocycles. The van der Waals surface area contributed by atoms with E-state index in [1.54, 1.807) is 22.9 Å². The van der Waals surface area contributed by atoms with Gasteiger partial charge in [-0.15, -0.1) is 10.2 Å². The van der Waals surface area contributed by atoms with Crippen LogP contribution in [0.3, 0.4) is 0 Å². The number of H-pyrrole nitrogens is 1. The van der Waals surface area contributed by atoms with Crippen molar-refractivity contribution in [3.63, 3.8) is 0 Å². The predicted molar refractivity (Wildman–Crippen MR) is 154 cm³/mol. The van der Waals surface area contributed by atoms with E-state index in [0.717, 1.165) is 39.9 Å². The fraction of sp³-hybridized carbons (Fsp3) is 0.258. The lowest BCUT2D eigenvalue weighted by atomic mass is 9.84. The standard InChI is InChI=1S/C31H32N6O3/c1-5-9-22-19-37(27-25(29(38)39)12-8-13-26(27)31(2,3)4)30(40)36(22)18-20-14-16-21(17-15-20)23-10-6-7-11-24(23)28-32-34-35-33-28/h6-8,10-17,19H,5,9,18H2,1-4H3,(H,38,39)(H,32,33,34,35). The molecule has 0 bridgehead atoms. The Balaban J connectivity index is 1.55. The third-order valence-corrected chi connectivity index (χ3v) is 7.00. The van der Waals surface area contributed by atoms with Crippen molar-refractivity contribution in [1.82, 2.24) is 29.8 Å². The average molecular weight is 537 g/mol. The SMILES string of the molecule is CCCc1cn(-c2c(C(=O)O)cccc2C(C)(C)C)c(=O)n1Cc1ccc(-c2ccccc2-c2nn[nH]n2)cc1. The molecule has 0 amide bonds. The molecule has 0 fully saturated rings. The molecule has 0 saturated carbocycles. The van der Waals surface area contributed by atoms with Gasteiger partial charge in [0.25, 0.3) is 0 Å². The first kappa shape index (κ1) is 26.8. The number of carboxylic acid groups (broad SMARTS) is 1. The molecule has 0 spiro atoms. The van der Waals surface area contributed by atoms with Gasteiger partial charge in [0.05, 0.1) is 17.8 Å². The van der Waals surface area contributed by atoms with Crippen molar-refractivity contribution in [1.29, 1.82) is 0 Å². The molecule has 204 valence electrons. The molecule has 0 atom stereocenters. The molecule has 2 heterocycles. The van der Waals surface area contributed by atoms with Crippen molar-refractivity contribution in [2.24, 2.45) is 0 Å². The summed E-state index contributed by atoms with van der Waals surface area (Å²) in [6.45, 7) is 8.49. The summed E-state index contributed by atoms with van der Waals surface area (Å²) in [7, 11) is 0. The Morgan fingerprint density at radius 2 is 1.70 bits per heavy atom. The van der Waals surface area contributed by atoms with Crippen LogP contribution in [-0.2, 0) is 18.4 Å². The van der Waals surface area contributed by atoms with Gasteiger partial charge in [0.1, 0.15) is 0 Å². The van der Waals surface area contributed by atoms with Gasteiger partial charge < -0.3 is 5.11 Å². The van der Waals surface area contributed by atoms with E-state index < -0.39 is 5.97 Å².